The molecular weight excluding hydrogens is 228 g/mol. The summed E-state index contributed by atoms with van der Waals surface area (Å²) in [5.74, 6) is 0.964. The summed E-state index contributed by atoms with van der Waals surface area (Å²) in [6, 6.07) is 10.2. The summed E-state index contributed by atoms with van der Waals surface area (Å²) in [5.41, 5.74) is 7.49. The Labute approximate surface area is 106 Å². The second-order valence-electron chi connectivity index (χ2n) is 3.92. The average Bonchev–Trinajstić information content (AvgIpc) is 2.42. The minimum atomic E-state index is 0.105. The van der Waals surface area contributed by atoms with Crippen molar-refractivity contribution in [1.29, 1.82) is 0 Å². The first-order chi connectivity index (χ1) is 8.72. The van der Waals surface area contributed by atoms with Gasteiger partial charge in [-0.25, -0.2) is 4.98 Å². The van der Waals surface area contributed by atoms with Gasteiger partial charge in [-0.05, 0) is 12.5 Å². The van der Waals surface area contributed by atoms with Crippen molar-refractivity contribution >= 4 is 11.5 Å². The minimum Gasteiger partial charge on any atom is -0.479 e. The molecule has 94 valence electrons. The van der Waals surface area contributed by atoms with Crippen LogP contribution < -0.4 is 15.8 Å². The molecule has 3 N–H and O–H groups in total. The smallest absolute Gasteiger partial charge is 0.242 e. The van der Waals surface area contributed by atoms with Crippen LogP contribution >= 0.6 is 0 Å². The highest BCUT2D eigenvalue weighted by Gasteiger charge is 2.11. The van der Waals surface area contributed by atoms with E-state index in [9.17, 15) is 0 Å². The van der Waals surface area contributed by atoms with Gasteiger partial charge < -0.3 is 15.8 Å². The van der Waals surface area contributed by atoms with E-state index in [1.807, 2.05) is 37.3 Å². The Morgan fingerprint density at radius 2 is 1.94 bits per heavy atom. The van der Waals surface area contributed by atoms with Gasteiger partial charge in [0.1, 0.15) is 12.0 Å². The topological polar surface area (TPSA) is 73.1 Å². The van der Waals surface area contributed by atoms with Crippen molar-refractivity contribution in [3.63, 3.8) is 0 Å². The van der Waals surface area contributed by atoms with E-state index in [1.54, 1.807) is 0 Å². The van der Waals surface area contributed by atoms with E-state index in [1.165, 1.54) is 13.4 Å². The average molecular weight is 244 g/mol. The molecule has 1 aromatic heterocycles. The molecule has 2 rings (SSSR count). The van der Waals surface area contributed by atoms with Crippen LogP contribution in [0, 0.1) is 0 Å². The number of ether oxygens (including phenoxy) is 1. The third kappa shape index (κ3) is 2.51. The van der Waals surface area contributed by atoms with Crippen molar-refractivity contribution in [3.05, 3.63) is 42.2 Å². The molecule has 18 heavy (non-hydrogen) atoms. The zero-order chi connectivity index (χ0) is 13.0. The number of benzene rings is 1. The summed E-state index contributed by atoms with van der Waals surface area (Å²) in [5, 5.41) is 3.25. The van der Waals surface area contributed by atoms with Gasteiger partial charge in [-0.2, -0.15) is 4.98 Å². The number of nitrogen functional groups attached to an aromatic ring is 1. The lowest BCUT2D eigenvalue weighted by Crippen LogP contribution is -2.11. The van der Waals surface area contributed by atoms with Crippen molar-refractivity contribution in [3.8, 4) is 5.88 Å². The maximum absolute atomic E-state index is 5.91. The van der Waals surface area contributed by atoms with Crippen LogP contribution in [0.25, 0.3) is 0 Å². The summed E-state index contributed by atoms with van der Waals surface area (Å²) in [6.07, 6.45) is 1.43. The Balaban J connectivity index is 2.19. The summed E-state index contributed by atoms with van der Waals surface area (Å²) in [4.78, 5) is 8.06. The molecule has 0 radical (unpaired) electrons. The molecular formula is C13H16N4O. The molecule has 0 fully saturated rings. The first-order valence-corrected chi connectivity index (χ1v) is 5.68. The first-order valence-electron chi connectivity index (χ1n) is 5.68. The van der Waals surface area contributed by atoms with Gasteiger partial charge >= 0.3 is 0 Å². The summed E-state index contributed by atoms with van der Waals surface area (Å²) >= 11 is 0. The van der Waals surface area contributed by atoms with Crippen LogP contribution in [0.2, 0.25) is 0 Å². The molecule has 1 atom stereocenters. The van der Waals surface area contributed by atoms with Gasteiger partial charge in [-0.15, -0.1) is 0 Å². The molecule has 0 aliphatic carbocycles. The molecule has 0 amide bonds. The van der Waals surface area contributed by atoms with Gasteiger partial charge in [0.2, 0.25) is 5.88 Å². The lowest BCUT2D eigenvalue weighted by Gasteiger charge is -2.16. The number of methoxy groups -OCH3 is 1. The first kappa shape index (κ1) is 12.2. The Bertz CT molecular complexity index is 516. The second-order valence-corrected chi connectivity index (χ2v) is 3.92. The minimum absolute atomic E-state index is 0.105. The number of anilines is 2. The molecule has 5 nitrogen and oxygen atoms in total. The SMILES string of the molecule is COc1ncnc(NC(C)c2ccccc2)c1N. The van der Waals surface area contributed by atoms with Gasteiger partial charge in [0.15, 0.2) is 5.82 Å². The van der Waals surface area contributed by atoms with Crippen LogP contribution in [0.5, 0.6) is 5.88 Å². The molecule has 5 heteroatoms. The largest absolute Gasteiger partial charge is 0.479 e. The Kier molecular flexibility index (Phi) is 3.62. The molecule has 0 spiro atoms. The second kappa shape index (κ2) is 5.35. The predicted molar refractivity (Wildman–Crippen MR) is 71.5 cm³/mol. The lowest BCUT2D eigenvalue weighted by molar-refractivity contribution is 0.399. The number of nitrogens with zero attached hydrogens (tertiary/aromatic N) is 2. The van der Waals surface area contributed by atoms with Crippen molar-refractivity contribution in [2.45, 2.75) is 13.0 Å². The van der Waals surface area contributed by atoms with Crippen molar-refractivity contribution in [1.82, 2.24) is 9.97 Å². The van der Waals surface area contributed by atoms with E-state index in [0.717, 1.165) is 5.56 Å². The molecule has 0 saturated heterocycles. The Morgan fingerprint density at radius 3 is 2.61 bits per heavy atom. The Morgan fingerprint density at radius 1 is 1.22 bits per heavy atom. The molecule has 1 heterocycles. The van der Waals surface area contributed by atoms with Gasteiger partial charge in [-0.1, -0.05) is 30.3 Å². The highest BCUT2D eigenvalue weighted by atomic mass is 16.5. The van der Waals surface area contributed by atoms with Crippen molar-refractivity contribution < 1.29 is 4.74 Å². The molecule has 1 aromatic carbocycles. The highest BCUT2D eigenvalue weighted by molar-refractivity contribution is 5.66. The van der Waals surface area contributed by atoms with E-state index >= 15 is 0 Å². The summed E-state index contributed by atoms with van der Waals surface area (Å²) in [7, 11) is 1.53. The number of rotatable bonds is 4. The van der Waals surface area contributed by atoms with Gasteiger partial charge in [0.25, 0.3) is 0 Å². The molecule has 0 bridgehead atoms. The standard InChI is InChI=1S/C13H16N4O/c1-9(10-6-4-3-5-7-10)17-12-11(14)13(18-2)16-8-15-12/h3-9H,14H2,1-2H3,(H,15,16,17). The zero-order valence-corrected chi connectivity index (χ0v) is 10.4. The molecule has 0 aliphatic rings. The zero-order valence-electron chi connectivity index (χ0n) is 10.4. The van der Waals surface area contributed by atoms with E-state index in [0.29, 0.717) is 17.4 Å². The fourth-order valence-electron chi connectivity index (χ4n) is 1.69. The van der Waals surface area contributed by atoms with E-state index in [-0.39, 0.29) is 6.04 Å². The molecule has 1 unspecified atom stereocenters. The van der Waals surface area contributed by atoms with Crippen LogP contribution in [0.4, 0.5) is 11.5 Å². The van der Waals surface area contributed by atoms with Crippen LogP contribution in [0.15, 0.2) is 36.7 Å². The van der Waals surface area contributed by atoms with Gasteiger partial charge in [0, 0.05) is 0 Å². The normalized spacial score (nSPS) is 11.9. The van der Waals surface area contributed by atoms with Crippen LogP contribution in [0.3, 0.4) is 0 Å². The predicted octanol–water partition coefficient (Wildman–Crippen LogP) is 2.24. The number of nitrogens with one attached hydrogen (secondary N) is 1. The fraction of sp³-hybridized carbons (Fsp3) is 0.231. The molecule has 2 aromatic rings. The fourth-order valence-corrected chi connectivity index (χ4v) is 1.69. The third-order valence-electron chi connectivity index (χ3n) is 2.69. The quantitative estimate of drug-likeness (QED) is 0.862. The number of hydrogen-bond donors (Lipinski definition) is 2. The number of hydrogen-bond acceptors (Lipinski definition) is 5. The van der Waals surface area contributed by atoms with Crippen molar-refractivity contribution in [2.75, 3.05) is 18.2 Å². The van der Waals surface area contributed by atoms with Crippen LogP contribution in [-0.2, 0) is 0 Å². The van der Waals surface area contributed by atoms with E-state index in [4.69, 9.17) is 10.5 Å². The maximum Gasteiger partial charge on any atom is 0.242 e. The highest BCUT2D eigenvalue weighted by Crippen LogP contribution is 2.27. The summed E-state index contributed by atoms with van der Waals surface area (Å²) in [6.45, 7) is 2.04. The molecule has 0 saturated carbocycles. The third-order valence-corrected chi connectivity index (χ3v) is 2.69. The summed E-state index contributed by atoms with van der Waals surface area (Å²) < 4.78 is 5.06. The molecule has 0 aliphatic heterocycles. The van der Waals surface area contributed by atoms with Gasteiger partial charge in [0.05, 0.1) is 13.2 Å². The Hall–Kier alpha value is -2.30. The number of nitrogens with two attached hydrogens (primary N) is 1. The number of aromatic nitrogens is 2. The van der Waals surface area contributed by atoms with Crippen LogP contribution in [0.1, 0.15) is 18.5 Å². The maximum atomic E-state index is 5.91. The van der Waals surface area contributed by atoms with Gasteiger partial charge in [-0.3, -0.25) is 0 Å². The van der Waals surface area contributed by atoms with E-state index < -0.39 is 0 Å². The lowest BCUT2D eigenvalue weighted by atomic mass is 10.1. The van der Waals surface area contributed by atoms with Crippen molar-refractivity contribution in [2.24, 2.45) is 0 Å². The monoisotopic (exact) mass is 244 g/mol. The van der Waals surface area contributed by atoms with Crippen LogP contribution in [-0.4, -0.2) is 17.1 Å². The van der Waals surface area contributed by atoms with E-state index in [2.05, 4.69) is 15.3 Å².